The summed E-state index contributed by atoms with van der Waals surface area (Å²) in [5.74, 6) is -0.584. The molecular formula is C11H13N5O2. The molecule has 0 saturated carbocycles. The fraction of sp³-hybridized carbons (Fsp3) is 0.182. The Morgan fingerprint density at radius 1 is 1.56 bits per heavy atom. The molecule has 0 amide bonds. The lowest BCUT2D eigenvalue weighted by molar-refractivity contribution is 0.0698. The number of nitrogens with zero attached hydrogens (tertiary/aromatic N) is 3. The van der Waals surface area contributed by atoms with Crippen molar-refractivity contribution in [3.63, 3.8) is 0 Å². The van der Waals surface area contributed by atoms with Crippen LogP contribution in [0.15, 0.2) is 30.7 Å². The SMILES string of the molecule is Nc1cnc(NCCn2cccn2)cc1C(=O)O. The number of rotatable bonds is 5. The molecule has 0 atom stereocenters. The smallest absolute Gasteiger partial charge is 0.337 e. The summed E-state index contributed by atoms with van der Waals surface area (Å²) in [6.45, 7) is 1.26. The number of nitrogens with two attached hydrogens (primary N) is 1. The molecule has 0 aliphatic rings. The molecule has 0 fully saturated rings. The molecule has 0 aliphatic heterocycles. The van der Waals surface area contributed by atoms with Gasteiger partial charge in [-0.25, -0.2) is 9.78 Å². The third-order valence-corrected chi connectivity index (χ3v) is 2.37. The maximum Gasteiger partial charge on any atom is 0.337 e. The zero-order valence-electron chi connectivity index (χ0n) is 9.58. The minimum atomic E-state index is -1.06. The molecular weight excluding hydrogens is 234 g/mol. The number of anilines is 2. The van der Waals surface area contributed by atoms with Crippen LogP contribution < -0.4 is 11.1 Å². The van der Waals surface area contributed by atoms with Crippen LogP contribution in [0.4, 0.5) is 11.5 Å². The average Bonchev–Trinajstić information content (AvgIpc) is 2.84. The number of pyridine rings is 1. The average molecular weight is 247 g/mol. The Labute approximate surface area is 103 Å². The van der Waals surface area contributed by atoms with Crippen molar-refractivity contribution in [2.75, 3.05) is 17.6 Å². The van der Waals surface area contributed by atoms with Crippen molar-refractivity contribution in [2.24, 2.45) is 0 Å². The van der Waals surface area contributed by atoms with Crippen molar-refractivity contribution < 1.29 is 9.90 Å². The first-order valence-corrected chi connectivity index (χ1v) is 5.37. The first-order chi connectivity index (χ1) is 8.66. The molecule has 94 valence electrons. The lowest BCUT2D eigenvalue weighted by Crippen LogP contribution is -2.12. The summed E-state index contributed by atoms with van der Waals surface area (Å²) in [5, 5.41) is 16.0. The predicted octanol–water partition coefficient (Wildman–Crippen LogP) is 0.671. The summed E-state index contributed by atoms with van der Waals surface area (Å²) in [6.07, 6.45) is 4.88. The van der Waals surface area contributed by atoms with Crippen LogP contribution in [0.5, 0.6) is 0 Å². The summed E-state index contributed by atoms with van der Waals surface area (Å²) in [5.41, 5.74) is 5.71. The number of carbonyl (C=O) groups is 1. The highest BCUT2D eigenvalue weighted by atomic mass is 16.4. The van der Waals surface area contributed by atoms with Gasteiger partial charge in [-0.3, -0.25) is 4.68 Å². The van der Waals surface area contributed by atoms with Crippen LogP contribution in [0.3, 0.4) is 0 Å². The summed E-state index contributed by atoms with van der Waals surface area (Å²) in [6, 6.07) is 3.25. The maximum atomic E-state index is 10.9. The highest BCUT2D eigenvalue weighted by Gasteiger charge is 2.09. The molecule has 0 aromatic carbocycles. The standard InChI is InChI=1S/C11H13N5O2/c12-9-7-14-10(6-8(9)11(17)18)13-3-5-16-4-1-2-15-16/h1-2,4,6-7H,3,5,12H2,(H,13,14)(H,17,18). The van der Waals surface area contributed by atoms with Crippen molar-refractivity contribution >= 4 is 17.5 Å². The molecule has 2 heterocycles. The van der Waals surface area contributed by atoms with E-state index in [1.54, 1.807) is 10.9 Å². The third kappa shape index (κ3) is 2.76. The zero-order chi connectivity index (χ0) is 13.0. The normalized spacial score (nSPS) is 10.2. The molecule has 0 unspecified atom stereocenters. The van der Waals surface area contributed by atoms with E-state index in [4.69, 9.17) is 10.8 Å². The van der Waals surface area contributed by atoms with E-state index in [1.165, 1.54) is 12.3 Å². The van der Waals surface area contributed by atoms with E-state index in [9.17, 15) is 4.79 Å². The molecule has 18 heavy (non-hydrogen) atoms. The van der Waals surface area contributed by atoms with Crippen LogP contribution in [-0.4, -0.2) is 32.4 Å². The number of carboxylic acid groups (broad SMARTS) is 1. The Balaban J connectivity index is 1.97. The summed E-state index contributed by atoms with van der Waals surface area (Å²) < 4.78 is 1.77. The highest BCUT2D eigenvalue weighted by Crippen LogP contribution is 2.14. The molecule has 0 bridgehead atoms. The number of hydrogen-bond acceptors (Lipinski definition) is 5. The largest absolute Gasteiger partial charge is 0.478 e. The van der Waals surface area contributed by atoms with E-state index in [-0.39, 0.29) is 11.3 Å². The topological polar surface area (TPSA) is 106 Å². The van der Waals surface area contributed by atoms with Gasteiger partial charge in [0, 0.05) is 18.9 Å². The second-order valence-corrected chi connectivity index (χ2v) is 3.66. The summed E-state index contributed by atoms with van der Waals surface area (Å²) >= 11 is 0. The van der Waals surface area contributed by atoms with Crippen LogP contribution in [0.2, 0.25) is 0 Å². The number of aromatic nitrogens is 3. The predicted molar refractivity (Wildman–Crippen MR) is 66.3 cm³/mol. The molecule has 7 heteroatoms. The Morgan fingerprint density at radius 3 is 3.06 bits per heavy atom. The molecule has 2 aromatic rings. The van der Waals surface area contributed by atoms with Crippen molar-refractivity contribution in [3.05, 3.63) is 36.3 Å². The first kappa shape index (κ1) is 11.9. The lowest BCUT2D eigenvalue weighted by Gasteiger charge is -2.07. The van der Waals surface area contributed by atoms with E-state index in [2.05, 4.69) is 15.4 Å². The van der Waals surface area contributed by atoms with E-state index < -0.39 is 5.97 Å². The van der Waals surface area contributed by atoms with Gasteiger partial charge in [0.05, 0.1) is 24.0 Å². The van der Waals surface area contributed by atoms with E-state index in [0.717, 1.165) is 0 Å². The van der Waals surface area contributed by atoms with Crippen molar-refractivity contribution in [1.82, 2.24) is 14.8 Å². The monoisotopic (exact) mass is 247 g/mol. The van der Waals surface area contributed by atoms with Crippen LogP contribution in [0, 0.1) is 0 Å². The number of carboxylic acids is 1. The Bertz CT molecular complexity index is 538. The highest BCUT2D eigenvalue weighted by molar-refractivity contribution is 5.94. The number of nitrogen functional groups attached to an aromatic ring is 1. The van der Waals surface area contributed by atoms with Crippen LogP contribution in [0.25, 0.3) is 0 Å². The van der Waals surface area contributed by atoms with Crippen LogP contribution in [-0.2, 0) is 6.54 Å². The fourth-order valence-electron chi connectivity index (χ4n) is 1.48. The Kier molecular flexibility index (Phi) is 3.42. The Hall–Kier alpha value is -2.57. The van der Waals surface area contributed by atoms with E-state index >= 15 is 0 Å². The van der Waals surface area contributed by atoms with Gasteiger partial charge >= 0.3 is 5.97 Å². The minimum absolute atomic E-state index is 0.0478. The van der Waals surface area contributed by atoms with Gasteiger partial charge in [-0.1, -0.05) is 0 Å². The van der Waals surface area contributed by atoms with Crippen LogP contribution in [0.1, 0.15) is 10.4 Å². The van der Waals surface area contributed by atoms with Crippen molar-refractivity contribution in [1.29, 1.82) is 0 Å². The number of nitrogens with one attached hydrogen (secondary N) is 1. The van der Waals surface area contributed by atoms with E-state index in [1.807, 2.05) is 12.3 Å². The lowest BCUT2D eigenvalue weighted by atomic mass is 10.2. The van der Waals surface area contributed by atoms with Gasteiger partial charge in [-0.15, -0.1) is 0 Å². The second kappa shape index (κ2) is 5.17. The number of hydrogen-bond donors (Lipinski definition) is 3. The molecule has 4 N–H and O–H groups in total. The molecule has 0 radical (unpaired) electrons. The van der Waals surface area contributed by atoms with Gasteiger partial charge in [-0.2, -0.15) is 5.10 Å². The molecule has 0 spiro atoms. The van der Waals surface area contributed by atoms with Gasteiger partial charge in [0.25, 0.3) is 0 Å². The van der Waals surface area contributed by atoms with Gasteiger partial charge in [0.2, 0.25) is 0 Å². The van der Waals surface area contributed by atoms with Gasteiger partial charge < -0.3 is 16.2 Å². The molecule has 7 nitrogen and oxygen atoms in total. The summed E-state index contributed by atoms with van der Waals surface area (Å²) in [7, 11) is 0. The van der Waals surface area contributed by atoms with Gasteiger partial charge in [0.1, 0.15) is 5.82 Å². The van der Waals surface area contributed by atoms with Crippen molar-refractivity contribution in [3.8, 4) is 0 Å². The third-order valence-electron chi connectivity index (χ3n) is 2.37. The first-order valence-electron chi connectivity index (χ1n) is 5.37. The second-order valence-electron chi connectivity index (χ2n) is 3.66. The molecule has 2 aromatic heterocycles. The van der Waals surface area contributed by atoms with Gasteiger partial charge in [0.15, 0.2) is 0 Å². The Morgan fingerprint density at radius 2 is 2.39 bits per heavy atom. The molecule has 2 rings (SSSR count). The van der Waals surface area contributed by atoms with Crippen molar-refractivity contribution in [2.45, 2.75) is 6.54 Å². The maximum absolute atomic E-state index is 10.9. The van der Waals surface area contributed by atoms with Gasteiger partial charge in [-0.05, 0) is 12.1 Å². The zero-order valence-corrected chi connectivity index (χ0v) is 9.58. The fourth-order valence-corrected chi connectivity index (χ4v) is 1.48. The number of aromatic carboxylic acids is 1. The molecule has 0 saturated heterocycles. The summed E-state index contributed by atoms with van der Waals surface area (Å²) in [4.78, 5) is 14.9. The quantitative estimate of drug-likeness (QED) is 0.717. The minimum Gasteiger partial charge on any atom is -0.478 e. The van der Waals surface area contributed by atoms with Crippen LogP contribution >= 0.6 is 0 Å². The van der Waals surface area contributed by atoms with E-state index in [0.29, 0.717) is 18.9 Å². The molecule has 0 aliphatic carbocycles.